The third-order valence-corrected chi connectivity index (χ3v) is 6.73. The van der Waals surface area contributed by atoms with E-state index < -0.39 is 0 Å². The molecule has 0 atom stereocenters. The SMILES string of the molecule is C=CCn1c(=S)sc2c(=O)n(CC(=O)N3CCN(c4cccc(Cl)c4)CC3)cnc21. The molecule has 1 aliphatic rings. The van der Waals surface area contributed by atoms with E-state index in [-0.39, 0.29) is 18.0 Å². The van der Waals surface area contributed by atoms with Gasteiger partial charge >= 0.3 is 0 Å². The molecule has 0 N–H and O–H groups in total. The number of benzene rings is 1. The topological polar surface area (TPSA) is 63.4 Å². The smallest absolute Gasteiger partial charge is 0.273 e. The van der Waals surface area contributed by atoms with Crippen LogP contribution in [0.2, 0.25) is 5.02 Å². The highest BCUT2D eigenvalue weighted by molar-refractivity contribution is 7.73. The number of amides is 1. The molecule has 1 fully saturated rings. The Hall–Kier alpha value is -2.49. The van der Waals surface area contributed by atoms with Gasteiger partial charge in [-0.3, -0.25) is 14.2 Å². The number of carbonyl (C=O) groups excluding carboxylic acids is 1. The van der Waals surface area contributed by atoms with Crippen LogP contribution in [0.1, 0.15) is 0 Å². The lowest BCUT2D eigenvalue weighted by Gasteiger charge is -2.36. The molecule has 3 aromatic rings. The fourth-order valence-corrected chi connectivity index (χ4v) is 5.01. The largest absolute Gasteiger partial charge is 0.368 e. The van der Waals surface area contributed by atoms with Crippen LogP contribution in [-0.4, -0.2) is 51.1 Å². The summed E-state index contributed by atoms with van der Waals surface area (Å²) >= 11 is 12.6. The Bertz CT molecular complexity index is 1220. The maximum atomic E-state index is 12.8. The van der Waals surface area contributed by atoms with E-state index in [1.54, 1.807) is 15.5 Å². The summed E-state index contributed by atoms with van der Waals surface area (Å²) in [7, 11) is 0. The average Bonchev–Trinajstić information content (AvgIpc) is 3.07. The molecule has 1 saturated heterocycles. The number of halogens is 1. The number of allylic oxidation sites excluding steroid dienone is 1. The van der Waals surface area contributed by atoms with E-state index >= 15 is 0 Å². The highest BCUT2D eigenvalue weighted by Gasteiger charge is 2.22. The summed E-state index contributed by atoms with van der Waals surface area (Å²) in [5.74, 6) is -0.0990. The minimum absolute atomic E-state index is 0.0366. The number of rotatable bonds is 5. The second-order valence-corrected chi connectivity index (χ2v) is 9.03. The molecule has 0 bridgehead atoms. The molecule has 156 valence electrons. The minimum Gasteiger partial charge on any atom is -0.368 e. The summed E-state index contributed by atoms with van der Waals surface area (Å²) in [6.45, 7) is 6.76. The molecule has 0 unspecified atom stereocenters. The van der Waals surface area contributed by atoms with Gasteiger partial charge in [0.2, 0.25) is 5.91 Å². The van der Waals surface area contributed by atoms with Crippen LogP contribution in [0, 0.1) is 3.95 Å². The maximum absolute atomic E-state index is 12.8. The fourth-order valence-electron chi connectivity index (χ4n) is 3.51. The van der Waals surface area contributed by atoms with Crippen molar-refractivity contribution in [2.75, 3.05) is 31.1 Å². The molecule has 0 spiro atoms. The standard InChI is InChI=1S/C20H20ClN5O2S2/c1-2-6-26-18-17(30-20(26)29)19(28)25(13-22-18)12-16(27)24-9-7-23(8-10-24)15-5-3-4-14(21)11-15/h2-5,11,13H,1,6-10,12H2. The normalized spacial score (nSPS) is 14.3. The van der Waals surface area contributed by atoms with Gasteiger partial charge in [-0.15, -0.1) is 6.58 Å². The predicted octanol–water partition coefficient (Wildman–Crippen LogP) is 3.18. The van der Waals surface area contributed by atoms with Gasteiger partial charge in [0, 0.05) is 43.4 Å². The molecule has 3 heterocycles. The van der Waals surface area contributed by atoms with E-state index in [0.717, 1.165) is 5.69 Å². The molecule has 1 amide bonds. The molecule has 2 aromatic heterocycles. The number of piperazine rings is 1. The molecule has 7 nitrogen and oxygen atoms in total. The molecule has 0 saturated carbocycles. The molecule has 1 aromatic carbocycles. The highest BCUT2D eigenvalue weighted by atomic mass is 35.5. The van der Waals surface area contributed by atoms with Gasteiger partial charge in [0.05, 0.1) is 0 Å². The number of thiazole rings is 1. The van der Waals surface area contributed by atoms with Crippen molar-refractivity contribution >= 4 is 57.1 Å². The van der Waals surface area contributed by atoms with Crippen LogP contribution in [0.25, 0.3) is 10.3 Å². The van der Waals surface area contributed by atoms with Gasteiger partial charge in [-0.05, 0) is 30.4 Å². The van der Waals surface area contributed by atoms with Crippen LogP contribution in [0.5, 0.6) is 0 Å². The zero-order valence-corrected chi connectivity index (χ0v) is 18.5. The summed E-state index contributed by atoms with van der Waals surface area (Å²) in [6.07, 6.45) is 3.13. The monoisotopic (exact) mass is 461 g/mol. The fraction of sp³-hybridized carbons (Fsp3) is 0.300. The van der Waals surface area contributed by atoms with Crippen molar-refractivity contribution in [3.8, 4) is 0 Å². The average molecular weight is 462 g/mol. The van der Waals surface area contributed by atoms with Gasteiger partial charge in [-0.2, -0.15) is 0 Å². The van der Waals surface area contributed by atoms with Crippen LogP contribution >= 0.6 is 35.2 Å². The number of fused-ring (bicyclic) bond motifs is 1. The first-order valence-corrected chi connectivity index (χ1v) is 11.1. The van der Waals surface area contributed by atoms with E-state index in [1.807, 2.05) is 24.3 Å². The summed E-state index contributed by atoms with van der Waals surface area (Å²) in [4.78, 5) is 34.0. The summed E-state index contributed by atoms with van der Waals surface area (Å²) in [6, 6.07) is 7.70. The molecule has 10 heteroatoms. The number of hydrogen-bond donors (Lipinski definition) is 0. The Balaban J connectivity index is 1.46. The number of anilines is 1. The lowest BCUT2D eigenvalue weighted by Crippen LogP contribution is -2.50. The first-order valence-electron chi connectivity index (χ1n) is 9.46. The van der Waals surface area contributed by atoms with Crippen LogP contribution in [0.4, 0.5) is 5.69 Å². The third-order valence-electron chi connectivity index (χ3n) is 5.07. The summed E-state index contributed by atoms with van der Waals surface area (Å²) < 4.78 is 4.15. The second-order valence-electron chi connectivity index (χ2n) is 6.95. The Morgan fingerprint density at radius 2 is 2.07 bits per heavy atom. The van der Waals surface area contributed by atoms with Crippen LogP contribution in [-0.2, 0) is 17.9 Å². The van der Waals surface area contributed by atoms with Crippen molar-refractivity contribution in [3.05, 3.63) is 62.6 Å². The molecule has 0 radical (unpaired) electrons. The minimum atomic E-state index is -0.246. The van der Waals surface area contributed by atoms with Gasteiger partial charge in [-0.1, -0.05) is 35.1 Å². The molecule has 4 rings (SSSR count). The van der Waals surface area contributed by atoms with Crippen LogP contribution in [0.15, 0.2) is 48.0 Å². The predicted molar refractivity (Wildman–Crippen MR) is 123 cm³/mol. The maximum Gasteiger partial charge on any atom is 0.273 e. The zero-order valence-electron chi connectivity index (χ0n) is 16.2. The number of carbonyl (C=O) groups is 1. The van der Waals surface area contributed by atoms with Crippen LogP contribution < -0.4 is 10.5 Å². The molecule has 1 aliphatic heterocycles. The first-order chi connectivity index (χ1) is 14.5. The van der Waals surface area contributed by atoms with Crippen molar-refractivity contribution in [3.63, 3.8) is 0 Å². The van der Waals surface area contributed by atoms with Gasteiger partial charge in [-0.25, -0.2) is 4.98 Å². The lowest BCUT2D eigenvalue weighted by molar-refractivity contribution is -0.132. The second kappa shape index (κ2) is 8.71. The third kappa shape index (κ3) is 4.05. The van der Waals surface area contributed by atoms with E-state index in [0.29, 0.717) is 52.0 Å². The zero-order chi connectivity index (χ0) is 21.3. The van der Waals surface area contributed by atoms with Gasteiger partial charge in [0.15, 0.2) is 9.60 Å². The summed E-state index contributed by atoms with van der Waals surface area (Å²) in [5, 5.41) is 0.693. The van der Waals surface area contributed by atoms with E-state index in [9.17, 15) is 9.59 Å². The number of nitrogens with zero attached hydrogens (tertiary/aromatic N) is 5. The Morgan fingerprint density at radius 3 is 2.77 bits per heavy atom. The van der Waals surface area contributed by atoms with Gasteiger partial charge in [0.1, 0.15) is 17.6 Å². The van der Waals surface area contributed by atoms with Crippen molar-refractivity contribution in [1.82, 2.24) is 19.0 Å². The highest BCUT2D eigenvalue weighted by Crippen LogP contribution is 2.21. The Labute approximate surface area is 187 Å². The van der Waals surface area contributed by atoms with Crippen molar-refractivity contribution in [2.45, 2.75) is 13.1 Å². The van der Waals surface area contributed by atoms with Gasteiger partial charge < -0.3 is 14.4 Å². The van der Waals surface area contributed by atoms with Crippen molar-refractivity contribution < 1.29 is 4.79 Å². The Morgan fingerprint density at radius 1 is 1.30 bits per heavy atom. The molecule has 30 heavy (non-hydrogen) atoms. The molecule has 0 aliphatic carbocycles. The van der Waals surface area contributed by atoms with E-state index in [1.165, 1.54) is 22.2 Å². The number of hydrogen-bond acceptors (Lipinski definition) is 6. The van der Waals surface area contributed by atoms with Crippen molar-refractivity contribution in [2.24, 2.45) is 0 Å². The van der Waals surface area contributed by atoms with Crippen molar-refractivity contribution in [1.29, 1.82) is 0 Å². The quantitative estimate of drug-likeness (QED) is 0.431. The van der Waals surface area contributed by atoms with E-state index in [4.69, 9.17) is 23.8 Å². The summed E-state index contributed by atoms with van der Waals surface area (Å²) in [5.41, 5.74) is 1.34. The molecular formula is C20H20ClN5O2S2. The Kier molecular flexibility index (Phi) is 6.03. The molecular weight excluding hydrogens is 442 g/mol. The van der Waals surface area contributed by atoms with Crippen LogP contribution in [0.3, 0.4) is 0 Å². The lowest BCUT2D eigenvalue weighted by atomic mass is 10.2. The number of aromatic nitrogens is 3. The van der Waals surface area contributed by atoms with E-state index in [2.05, 4.69) is 16.5 Å². The first kappa shape index (κ1) is 20.8. The van der Waals surface area contributed by atoms with Gasteiger partial charge in [0.25, 0.3) is 5.56 Å².